The van der Waals surface area contributed by atoms with Crippen LogP contribution in [-0.2, 0) is 9.59 Å². The molecular weight excluding hydrogens is 322 g/mol. The molecule has 0 spiro atoms. The fraction of sp³-hybridized carbons (Fsp3) is 0.556. The van der Waals surface area contributed by atoms with Gasteiger partial charge in [-0.1, -0.05) is 29.8 Å². The molecule has 1 heterocycles. The first-order chi connectivity index (χ1) is 11.4. The molecule has 2 N–H and O–H groups in total. The van der Waals surface area contributed by atoms with Crippen molar-refractivity contribution in [2.75, 3.05) is 33.7 Å². The molecule has 24 heavy (non-hydrogen) atoms. The third kappa shape index (κ3) is 4.98. The van der Waals surface area contributed by atoms with Gasteiger partial charge in [-0.25, -0.2) is 0 Å². The van der Waals surface area contributed by atoms with Crippen molar-refractivity contribution in [3.63, 3.8) is 0 Å². The molecule has 1 aromatic carbocycles. The van der Waals surface area contributed by atoms with Gasteiger partial charge in [0.2, 0.25) is 11.8 Å². The molecule has 0 unspecified atom stereocenters. The van der Waals surface area contributed by atoms with Crippen molar-refractivity contribution >= 4 is 23.6 Å². The number of carbonyl (C=O) groups excluding carboxylic acids is 2. The van der Waals surface area contributed by atoms with Crippen molar-refractivity contribution in [2.45, 2.75) is 30.9 Å². The van der Waals surface area contributed by atoms with Crippen molar-refractivity contribution in [2.24, 2.45) is 0 Å². The maximum atomic E-state index is 12.5. The molecular formula is C18H28N3O2S+. The minimum absolute atomic E-state index is 0.00594. The largest absolute Gasteiger partial charge is 0.350 e. The molecule has 2 amide bonds. The number of carbonyl (C=O) groups is 2. The number of likely N-dealkylation sites (N-methyl/N-ethyl adjacent to an activating group) is 1. The van der Waals surface area contributed by atoms with E-state index < -0.39 is 0 Å². The third-order valence-corrected chi connectivity index (χ3v) is 5.50. The van der Waals surface area contributed by atoms with E-state index in [1.165, 1.54) is 10.5 Å². The van der Waals surface area contributed by atoms with Gasteiger partial charge in [-0.3, -0.25) is 9.59 Å². The van der Waals surface area contributed by atoms with Gasteiger partial charge in [0, 0.05) is 13.0 Å². The van der Waals surface area contributed by atoms with Crippen LogP contribution in [0.25, 0.3) is 0 Å². The molecule has 6 heteroatoms. The maximum absolute atomic E-state index is 12.5. The summed E-state index contributed by atoms with van der Waals surface area (Å²) in [4.78, 5) is 27.6. The van der Waals surface area contributed by atoms with E-state index >= 15 is 0 Å². The smallest absolute Gasteiger partial charge is 0.236 e. The molecule has 1 fully saturated rings. The van der Waals surface area contributed by atoms with E-state index in [1.807, 2.05) is 17.9 Å². The molecule has 1 aromatic rings. The zero-order valence-electron chi connectivity index (χ0n) is 15.0. The van der Waals surface area contributed by atoms with Crippen molar-refractivity contribution in [1.29, 1.82) is 0 Å². The summed E-state index contributed by atoms with van der Waals surface area (Å²) in [5.74, 6) is 0.133. The first-order valence-corrected chi connectivity index (χ1v) is 9.41. The van der Waals surface area contributed by atoms with Crippen molar-refractivity contribution in [1.82, 2.24) is 10.2 Å². The topological polar surface area (TPSA) is 53.9 Å². The van der Waals surface area contributed by atoms with E-state index in [0.717, 1.165) is 12.1 Å². The molecule has 1 aliphatic rings. The highest BCUT2D eigenvalue weighted by molar-refractivity contribution is 8.01. The second kappa shape index (κ2) is 8.53. The highest BCUT2D eigenvalue weighted by atomic mass is 32.2. The molecule has 0 saturated carbocycles. The van der Waals surface area contributed by atoms with Crippen LogP contribution in [-0.4, -0.2) is 55.7 Å². The van der Waals surface area contributed by atoms with Crippen LogP contribution in [0.4, 0.5) is 0 Å². The summed E-state index contributed by atoms with van der Waals surface area (Å²) in [6.45, 7) is 6.03. The Balaban J connectivity index is 1.95. The highest BCUT2D eigenvalue weighted by Gasteiger charge is 2.38. The number of quaternary nitrogens is 1. The average Bonchev–Trinajstić information content (AvgIpc) is 2.80. The number of aryl methyl sites for hydroxylation is 1. The maximum Gasteiger partial charge on any atom is 0.236 e. The first kappa shape index (κ1) is 18.8. The van der Waals surface area contributed by atoms with Crippen LogP contribution >= 0.6 is 11.8 Å². The monoisotopic (exact) mass is 350 g/mol. The second-order valence-electron chi connectivity index (χ2n) is 6.63. The van der Waals surface area contributed by atoms with Gasteiger partial charge in [-0.15, -0.1) is 11.8 Å². The Bertz CT molecular complexity index is 591. The van der Waals surface area contributed by atoms with E-state index in [4.69, 9.17) is 0 Å². The Morgan fingerprint density at radius 2 is 2.12 bits per heavy atom. The summed E-state index contributed by atoms with van der Waals surface area (Å²) in [6.07, 6.45) is 0.351. The van der Waals surface area contributed by atoms with Gasteiger partial charge in [0.05, 0.1) is 32.4 Å². The molecule has 2 atom stereocenters. The van der Waals surface area contributed by atoms with Crippen LogP contribution in [0.5, 0.6) is 0 Å². The number of hydrogen-bond donors (Lipinski definition) is 2. The molecule has 2 rings (SSSR count). The Hall–Kier alpha value is -1.53. The molecule has 1 saturated heterocycles. The fourth-order valence-electron chi connectivity index (χ4n) is 2.75. The van der Waals surface area contributed by atoms with E-state index in [0.29, 0.717) is 19.5 Å². The molecule has 0 aliphatic carbocycles. The summed E-state index contributed by atoms with van der Waals surface area (Å²) < 4.78 is 0. The Morgan fingerprint density at radius 3 is 2.79 bits per heavy atom. The fourth-order valence-corrected chi connectivity index (χ4v) is 4.04. The normalized spacial score (nSPS) is 20.7. The average molecular weight is 351 g/mol. The van der Waals surface area contributed by atoms with Gasteiger partial charge < -0.3 is 15.1 Å². The highest BCUT2D eigenvalue weighted by Crippen LogP contribution is 2.42. The SMILES string of the molecule is Cc1cccc([C@H]2S[C@@H](C)C(=O)N2CCC(=O)NCC[NH+](C)C)c1. The number of rotatable bonds is 7. The lowest BCUT2D eigenvalue weighted by atomic mass is 10.1. The van der Waals surface area contributed by atoms with Crippen LogP contribution in [0.15, 0.2) is 24.3 Å². The second-order valence-corrected chi connectivity index (χ2v) is 8.06. The van der Waals surface area contributed by atoms with Crippen LogP contribution < -0.4 is 10.2 Å². The molecule has 0 bridgehead atoms. The quantitative estimate of drug-likeness (QED) is 0.758. The summed E-state index contributed by atoms with van der Waals surface area (Å²) in [5.41, 5.74) is 2.32. The Kier molecular flexibility index (Phi) is 6.69. The number of thioether (sulfide) groups is 1. The van der Waals surface area contributed by atoms with Crippen LogP contribution in [0, 0.1) is 6.92 Å². The molecule has 1 aliphatic heterocycles. The first-order valence-electron chi connectivity index (χ1n) is 8.46. The van der Waals surface area contributed by atoms with Gasteiger partial charge >= 0.3 is 0 Å². The van der Waals surface area contributed by atoms with E-state index in [2.05, 4.69) is 44.5 Å². The molecule has 0 radical (unpaired) electrons. The van der Waals surface area contributed by atoms with Crippen molar-refractivity contribution < 1.29 is 14.5 Å². The van der Waals surface area contributed by atoms with Crippen LogP contribution in [0.3, 0.4) is 0 Å². The van der Waals surface area contributed by atoms with Gasteiger partial charge in [0.25, 0.3) is 0 Å². The minimum Gasteiger partial charge on any atom is -0.350 e. The van der Waals surface area contributed by atoms with E-state index in [-0.39, 0.29) is 22.4 Å². The van der Waals surface area contributed by atoms with Gasteiger partial charge in [0.1, 0.15) is 5.37 Å². The molecule has 132 valence electrons. The number of amides is 2. The van der Waals surface area contributed by atoms with Crippen molar-refractivity contribution in [3.05, 3.63) is 35.4 Å². The predicted molar refractivity (Wildman–Crippen MR) is 98.0 cm³/mol. The van der Waals surface area contributed by atoms with Gasteiger partial charge in [-0.05, 0) is 19.4 Å². The minimum atomic E-state index is -0.0593. The Morgan fingerprint density at radius 1 is 1.38 bits per heavy atom. The Labute approximate surface area is 148 Å². The summed E-state index contributed by atoms with van der Waals surface area (Å²) in [6, 6.07) is 8.25. The lowest BCUT2D eigenvalue weighted by Crippen LogP contribution is -3.06. The third-order valence-electron chi connectivity index (χ3n) is 4.10. The standard InChI is InChI=1S/C18H27N3O2S/c1-13-6-5-7-15(12-13)18-21(17(23)14(2)24-18)10-8-16(22)19-9-11-20(3)4/h5-7,12,14,18H,8-11H2,1-4H3,(H,19,22)/p+1/t14-,18+/m0/s1. The van der Waals surface area contributed by atoms with E-state index in [9.17, 15) is 9.59 Å². The number of hydrogen-bond acceptors (Lipinski definition) is 3. The summed E-state index contributed by atoms with van der Waals surface area (Å²) in [5, 5.41) is 2.87. The number of nitrogens with one attached hydrogen (secondary N) is 2. The lowest BCUT2D eigenvalue weighted by molar-refractivity contribution is -0.856. The lowest BCUT2D eigenvalue weighted by Gasteiger charge is -2.24. The number of nitrogens with zero attached hydrogens (tertiary/aromatic N) is 1. The number of benzene rings is 1. The van der Waals surface area contributed by atoms with E-state index in [1.54, 1.807) is 11.8 Å². The summed E-state index contributed by atoms with van der Waals surface area (Å²) in [7, 11) is 4.11. The van der Waals surface area contributed by atoms with Crippen LogP contribution in [0.2, 0.25) is 0 Å². The summed E-state index contributed by atoms with van der Waals surface area (Å²) >= 11 is 1.66. The van der Waals surface area contributed by atoms with Crippen molar-refractivity contribution in [3.8, 4) is 0 Å². The zero-order valence-corrected chi connectivity index (χ0v) is 15.8. The van der Waals surface area contributed by atoms with Gasteiger partial charge in [0.15, 0.2) is 0 Å². The van der Waals surface area contributed by atoms with Gasteiger partial charge in [-0.2, -0.15) is 0 Å². The van der Waals surface area contributed by atoms with Crippen LogP contribution in [0.1, 0.15) is 29.8 Å². The molecule has 0 aromatic heterocycles. The predicted octanol–water partition coefficient (Wildman–Crippen LogP) is 0.608. The molecule has 5 nitrogen and oxygen atoms in total. The zero-order chi connectivity index (χ0) is 17.7.